The summed E-state index contributed by atoms with van der Waals surface area (Å²) in [7, 11) is 0. The molecule has 0 saturated heterocycles. The number of aliphatic hydroxyl groups excluding tert-OH is 3. The molecule has 0 amide bonds. The molecular weight excluding hydrogens is 2410 g/mol. The molecule has 9 aromatic carbocycles. The number of hydrogen-bond acceptors (Lipinski definition) is 13. The third kappa shape index (κ3) is 32.6. The van der Waals surface area contributed by atoms with Crippen molar-refractivity contribution in [2.75, 3.05) is 0 Å². The van der Waals surface area contributed by atoms with Gasteiger partial charge in [-0.1, -0.05) is 206 Å². The van der Waals surface area contributed by atoms with Crippen molar-refractivity contribution in [3.8, 4) is 78.7 Å². The van der Waals surface area contributed by atoms with Gasteiger partial charge in [-0.05, 0) is 140 Å². The summed E-state index contributed by atoms with van der Waals surface area (Å²) in [4.78, 5) is 59.4. The zero-order chi connectivity index (χ0) is 82.6. The number of hydrogen-bond donors (Lipinski definition) is 3. The Kier molecular flexibility index (Phi) is 44.8. The Morgan fingerprint density at radius 1 is 0.347 bits per heavy atom. The number of aromatic nitrogens is 7. The molecule has 0 spiro atoms. The van der Waals surface area contributed by atoms with E-state index in [9.17, 15) is 23.2 Å². The standard InChI is InChI=1S/C24H18N.C15H11N.C15H10N.2C11H8N.C10H5F2N2.3C5H8O2.5Ir/c1-24(2)21-10-6-5-9-19(21)20-12-11-17(15-22(20)24)23-18-8-4-3-7-16(18)13-14-25-23;2*1-2-6-12(7-3-1)15-11-10-13-8-4-5-9-14(13)16-15;2*1-2-6-10(7-3-1)11-8-4-5-9-12-11;11-9-5-4-7(10(12)14-9)8-3-1-2-6-13-8;3*1-4(6)3-5(2)7;;;;;/h3-10,12-15H,1-2H3;1-11H;1-6,8-11H;2*1-6,8-9H;1-3,5-6H;3*3,6H,1-2H3;;;;;/q-1;;4*-1;;;;;;;;. The number of carbonyl (C=O) groups excluding carboxylic acids is 3. The van der Waals surface area contributed by atoms with E-state index in [0.717, 1.165) is 73.4 Å². The summed E-state index contributed by atoms with van der Waals surface area (Å²) >= 11 is 0. The maximum absolute atomic E-state index is 13.1. The number of allylic oxidation sites excluding steroid dienone is 6. The summed E-state index contributed by atoms with van der Waals surface area (Å²) < 4.78 is 25.6. The molecule has 20 heteroatoms. The van der Waals surface area contributed by atoms with Crippen LogP contribution in [0, 0.1) is 42.2 Å². The smallest absolute Gasteiger partial charge is 0.155 e. The fraction of sp³-hybridized carbons (Fsp3) is 0.0891. The van der Waals surface area contributed by atoms with Crippen LogP contribution >= 0.6 is 0 Å². The van der Waals surface area contributed by atoms with Crippen LogP contribution in [0.2, 0.25) is 0 Å². The fourth-order valence-corrected chi connectivity index (χ4v) is 11.8. The van der Waals surface area contributed by atoms with Crippen molar-refractivity contribution in [3.63, 3.8) is 0 Å². The first-order valence-corrected chi connectivity index (χ1v) is 36.9. The molecule has 7 aromatic heterocycles. The Balaban J connectivity index is 0.000000293. The number of pyridine rings is 7. The van der Waals surface area contributed by atoms with Crippen molar-refractivity contribution in [3.05, 3.63) is 417 Å². The van der Waals surface area contributed by atoms with Crippen LogP contribution in [0.15, 0.2) is 364 Å². The summed E-state index contributed by atoms with van der Waals surface area (Å²) in [5.41, 5.74) is 18.2. The first-order valence-electron chi connectivity index (χ1n) is 36.9. The second-order valence-corrected chi connectivity index (χ2v) is 26.4. The SMILES string of the molecule is CC(=O)C=C(C)O.CC(=O)C=C(C)O.CC(=O)C=C(C)O.CC1(C)c2ccccc2-c2c[c-]c(-c3nccc4ccccc34)cc21.Fc1c[c-]c(-c2ccccn2)c(F)n1.[Ir].[Ir].[Ir].[Ir].[Ir].[c-]1ccccc1-c1ccc2ccccc2n1.[c-]1ccccc1-c1ccccn1.[c-]1ccccc1-c1ccccn1.c1ccc(-c2ccc3ccccc3n2)cc1. The summed E-state index contributed by atoms with van der Waals surface area (Å²) in [5.74, 6) is -1.97. The zero-order valence-corrected chi connectivity index (χ0v) is 79.0. The van der Waals surface area contributed by atoms with Crippen molar-refractivity contribution in [1.29, 1.82) is 0 Å². The van der Waals surface area contributed by atoms with Gasteiger partial charge in [0.2, 0.25) is 0 Å². The maximum Gasteiger partial charge on any atom is 0.155 e. The molecule has 16 aromatic rings. The van der Waals surface area contributed by atoms with Gasteiger partial charge in [0.05, 0.1) is 34.0 Å². The number of aliphatic hydroxyl groups is 3. The normalized spacial score (nSPS) is 10.8. The van der Waals surface area contributed by atoms with Gasteiger partial charge in [0, 0.05) is 154 Å². The topological polar surface area (TPSA) is 202 Å². The largest absolute Gasteiger partial charge is 0.512 e. The average molecular weight is 2490 g/mol. The summed E-state index contributed by atoms with van der Waals surface area (Å²) in [6.07, 6.45) is 10.5. The molecule has 0 fully saturated rings. The van der Waals surface area contributed by atoms with E-state index in [1.54, 1.807) is 30.6 Å². The molecule has 0 bridgehead atoms. The maximum atomic E-state index is 13.1. The average Bonchev–Trinajstić information content (AvgIpc) is 1.58. The van der Waals surface area contributed by atoms with E-state index < -0.39 is 11.9 Å². The molecule has 3 N–H and O–H groups in total. The van der Waals surface area contributed by atoms with E-state index >= 15 is 0 Å². The molecular formula is C101H84F2Ir5N7O6-5. The van der Waals surface area contributed by atoms with Crippen LogP contribution in [0.25, 0.3) is 111 Å². The van der Waals surface area contributed by atoms with E-state index in [2.05, 4.69) is 188 Å². The number of carbonyl (C=O) groups is 3. The summed E-state index contributed by atoms with van der Waals surface area (Å²) in [6.45, 7) is 13.2. The Hall–Kier alpha value is -11.5. The Bertz CT molecular complexity index is 5620. The molecule has 623 valence electrons. The van der Waals surface area contributed by atoms with Gasteiger partial charge >= 0.3 is 0 Å². The van der Waals surface area contributed by atoms with E-state index in [1.165, 1.54) is 110 Å². The number of nitrogens with zero attached hydrogens (tertiary/aromatic N) is 7. The van der Waals surface area contributed by atoms with E-state index in [-0.39, 0.29) is 146 Å². The molecule has 17 rings (SSSR count). The number of benzene rings is 9. The van der Waals surface area contributed by atoms with Gasteiger partial charge in [-0.25, -0.2) is 13.8 Å². The molecule has 0 unspecified atom stereocenters. The Labute approximate surface area is 773 Å². The van der Waals surface area contributed by atoms with Gasteiger partial charge in [0.15, 0.2) is 17.3 Å². The summed E-state index contributed by atoms with van der Waals surface area (Å²) in [5, 5.41) is 29.8. The molecule has 0 saturated carbocycles. The second kappa shape index (κ2) is 53.3. The Morgan fingerprint density at radius 3 is 1.22 bits per heavy atom. The molecule has 121 heavy (non-hydrogen) atoms. The number of halogens is 2. The van der Waals surface area contributed by atoms with E-state index in [4.69, 9.17) is 15.3 Å². The number of ketones is 3. The minimum Gasteiger partial charge on any atom is -0.512 e. The van der Waals surface area contributed by atoms with Crippen molar-refractivity contribution in [2.24, 2.45) is 0 Å². The fourth-order valence-electron chi connectivity index (χ4n) is 11.8. The minimum absolute atomic E-state index is 0. The number of rotatable bonds is 9. The minimum atomic E-state index is -0.899. The van der Waals surface area contributed by atoms with Crippen LogP contribution in [0.3, 0.4) is 0 Å². The van der Waals surface area contributed by atoms with Crippen LogP contribution in [-0.2, 0) is 120 Å². The Morgan fingerprint density at radius 2 is 0.769 bits per heavy atom. The molecule has 5 radical (unpaired) electrons. The van der Waals surface area contributed by atoms with Gasteiger partial charge < -0.3 is 35.3 Å². The van der Waals surface area contributed by atoms with Crippen molar-refractivity contribution in [1.82, 2.24) is 34.9 Å². The first-order chi connectivity index (χ1) is 56.1. The molecule has 13 nitrogen and oxygen atoms in total. The predicted molar refractivity (Wildman–Crippen MR) is 461 cm³/mol. The zero-order valence-electron chi connectivity index (χ0n) is 67.0. The van der Waals surface area contributed by atoms with E-state index in [1.807, 2.05) is 176 Å². The summed E-state index contributed by atoms with van der Waals surface area (Å²) in [6, 6.07) is 115. The molecule has 0 atom stereocenters. The van der Waals surface area contributed by atoms with Crippen LogP contribution in [0.4, 0.5) is 8.78 Å². The van der Waals surface area contributed by atoms with Gasteiger partial charge in [-0.15, -0.1) is 143 Å². The number of fused-ring (bicyclic) bond motifs is 6. The monoisotopic (exact) mass is 2490 g/mol. The third-order valence-corrected chi connectivity index (χ3v) is 16.9. The van der Waals surface area contributed by atoms with Crippen LogP contribution in [0.5, 0.6) is 0 Å². The molecule has 1 aliphatic rings. The van der Waals surface area contributed by atoms with Crippen LogP contribution in [-0.4, -0.2) is 67.6 Å². The van der Waals surface area contributed by atoms with Gasteiger partial charge in [-0.3, -0.25) is 24.4 Å². The van der Waals surface area contributed by atoms with E-state index in [0.29, 0.717) is 5.69 Å². The third-order valence-electron chi connectivity index (χ3n) is 16.9. The first kappa shape index (κ1) is 102. The van der Waals surface area contributed by atoms with Crippen LogP contribution in [0.1, 0.15) is 66.5 Å². The second-order valence-electron chi connectivity index (χ2n) is 26.4. The predicted octanol–water partition coefficient (Wildman–Crippen LogP) is 24.0. The molecule has 0 aliphatic heterocycles. The number of para-hydroxylation sites is 2. The van der Waals surface area contributed by atoms with Gasteiger partial charge in [0.25, 0.3) is 0 Å². The van der Waals surface area contributed by atoms with Gasteiger partial charge in [0.1, 0.15) is 11.9 Å². The quantitative estimate of drug-likeness (QED) is 0.0534. The van der Waals surface area contributed by atoms with Crippen LogP contribution < -0.4 is 0 Å². The molecule has 1 aliphatic carbocycles. The molecule has 7 heterocycles. The van der Waals surface area contributed by atoms with Gasteiger partial charge in [-0.2, -0.15) is 0 Å². The van der Waals surface area contributed by atoms with Crippen molar-refractivity contribution in [2.45, 2.75) is 60.8 Å². The van der Waals surface area contributed by atoms with Crippen molar-refractivity contribution < 1.29 is 139 Å². The van der Waals surface area contributed by atoms with Crippen molar-refractivity contribution >= 4 is 49.9 Å².